The third kappa shape index (κ3) is 5.32. The summed E-state index contributed by atoms with van der Waals surface area (Å²) in [5.74, 6) is -0.427. The van der Waals surface area contributed by atoms with E-state index < -0.39 is 15.9 Å². The van der Waals surface area contributed by atoms with Gasteiger partial charge in [0, 0.05) is 44.7 Å². The second-order valence-electron chi connectivity index (χ2n) is 7.82. The zero-order chi connectivity index (χ0) is 21.9. The average molecular weight is 458 g/mol. The summed E-state index contributed by atoms with van der Waals surface area (Å²) in [5, 5.41) is 2.75. The molecule has 10 heteroatoms. The van der Waals surface area contributed by atoms with Gasteiger partial charge in [-0.3, -0.25) is 9.59 Å². The Morgan fingerprint density at radius 3 is 2.43 bits per heavy atom. The third-order valence-electron chi connectivity index (χ3n) is 5.28. The monoisotopic (exact) mass is 457 g/mol. The molecule has 0 aliphatic carbocycles. The van der Waals surface area contributed by atoms with Gasteiger partial charge in [0.25, 0.3) is 5.91 Å². The predicted octanol–water partition coefficient (Wildman–Crippen LogP) is 1.88. The molecule has 0 radical (unpaired) electrons. The first-order valence-corrected chi connectivity index (χ1v) is 12.0. The van der Waals surface area contributed by atoms with E-state index in [0.717, 1.165) is 25.9 Å². The minimum atomic E-state index is -3.88. The minimum absolute atomic E-state index is 0.0164. The van der Waals surface area contributed by atoms with Gasteiger partial charge in [0.05, 0.1) is 17.2 Å². The van der Waals surface area contributed by atoms with Crippen molar-refractivity contribution in [2.45, 2.75) is 50.2 Å². The van der Waals surface area contributed by atoms with Crippen molar-refractivity contribution in [2.75, 3.05) is 32.7 Å². The fourth-order valence-corrected chi connectivity index (χ4v) is 5.91. The van der Waals surface area contributed by atoms with Crippen LogP contribution in [0.1, 0.15) is 43.5 Å². The fraction of sp³-hybridized carbons (Fsp3) is 0.600. The quantitative estimate of drug-likeness (QED) is 0.703. The lowest BCUT2D eigenvalue weighted by Gasteiger charge is -2.34. The van der Waals surface area contributed by atoms with E-state index in [1.54, 1.807) is 4.90 Å². The highest BCUT2D eigenvalue weighted by atomic mass is 35.5. The zero-order valence-electron chi connectivity index (χ0n) is 17.3. The van der Waals surface area contributed by atoms with E-state index in [-0.39, 0.29) is 59.7 Å². The van der Waals surface area contributed by atoms with E-state index in [0.29, 0.717) is 0 Å². The number of benzene rings is 1. The second-order valence-corrected chi connectivity index (χ2v) is 10.1. The molecular formula is C20H28ClN3O5S. The van der Waals surface area contributed by atoms with E-state index in [9.17, 15) is 18.0 Å². The highest BCUT2D eigenvalue weighted by Gasteiger charge is 2.34. The molecule has 1 aromatic rings. The van der Waals surface area contributed by atoms with Gasteiger partial charge in [0.2, 0.25) is 15.9 Å². The lowest BCUT2D eigenvalue weighted by molar-refractivity contribution is -0.129. The molecule has 2 amide bonds. The topological polar surface area (TPSA) is 96.0 Å². The Kier molecular flexibility index (Phi) is 7.38. The molecule has 0 unspecified atom stereocenters. The fourth-order valence-electron chi connectivity index (χ4n) is 3.82. The summed E-state index contributed by atoms with van der Waals surface area (Å²) in [6.07, 6.45) is 1.78. The molecule has 0 bridgehead atoms. The number of nitrogens with one attached hydrogen (secondary N) is 1. The number of amides is 2. The molecule has 2 aliphatic rings. The average Bonchev–Trinajstić information content (AvgIpc) is 3.22. The van der Waals surface area contributed by atoms with Crippen LogP contribution in [0.4, 0.5) is 0 Å². The van der Waals surface area contributed by atoms with Crippen molar-refractivity contribution in [2.24, 2.45) is 0 Å². The molecule has 2 aliphatic heterocycles. The Balaban J connectivity index is 1.68. The first-order chi connectivity index (χ1) is 14.2. The normalized spacial score (nSPS) is 22.8. The summed E-state index contributed by atoms with van der Waals surface area (Å²) in [4.78, 5) is 26.3. The van der Waals surface area contributed by atoms with E-state index >= 15 is 0 Å². The number of rotatable bonds is 6. The lowest BCUT2D eigenvalue weighted by Crippen LogP contribution is -2.48. The van der Waals surface area contributed by atoms with E-state index in [1.165, 1.54) is 22.5 Å². The summed E-state index contributed by atoms with van der Waals surface area (Å²) in [7, 11) is -3.88. The number of ether oxygens (including phenoxy) is 1. The van der Waals surface area contributed by atoms with Crippen LogP contribution in [-0.4, -0.2) is 74.4 Å². The Morgan fingerprint density at radius 2 is 1.80 bits per heavy atom. The van der Waals surface area contributed by atoms with Gasteiger partial charge in [0.15, 0.2) is 0 Å². The molecular weight excluding hydrogens is 430 g/mol. The molecule has 3 rings (SSSR count). The summed E-state index contributed by atoms with van der Waals surface area (Å²) in [6, 6.07) is 4.18. The number of nitrogens with zero attached hydrogens (tertiary/aromatic N) is 2. The maximum atomic E-state index is 13.1. The van der Waals surface area contributed by atoms with Gasteiger partial charge in [-0.1, -0.05) is 11.6 Å². The van der Waals surface area contributed by atoms with Crippen LogP contribution < -0.4 is 5.32 Å². The molecule has 0 spiro atoms. The third-order valence-corrected chi connectivity index (χ3v) is 7.59. The standard InChI is InChI=1S/C20H28ClN3O5S/c1-14-12-24(13-15(2)29-14)30(27,28)18-11-16(5-6-17(18)21)20(26)22-8-7-19(25)23-9-3-4-10-23/h5-6,11,14-15H,3-4,7-10,12-13H2,1-2H3,(H,22,26)/t14-,15-/m0/s1. The van der Waals surface area contributed by atoms with Gasteiger partial charge in [0.1, 0.15) is 4.90 Å². The highest BCUT2D eigenvalue weighted by molar-refractivity contribution is 7.89. The molecule has 8 nitrogen and oxygen atoms in total. The summed E-state index contributed by atoms with van der Waals surface area (Å²) in [6.45, 7) is 5.79. The summed E-state index contributed by atoms with van der Waals surface area (Å²) in [5.41, 5.74) is 0.181. The molecule has 2 heterocycles. The smallest absolute Gasteiger partial charge is 0.251 e. The largest absolute Gasteiger partial charge is 0.373 e. The molecule has 1 aromatic carbocycles. The molecule has 1 N–H and O–H groups in total. The van der Waals surface area contributed by atoms with Crippen molar-refractivity contribution in [1.29, 1.82) is 0 Å². The Labute approximate surface area is 182 Å². The van der Waals surface area contributed by atoms with E-state index in [1.807, 2.05) is 13.8 Å². The Bertz CT molecular complexity index is 892. The SMILES string of the molecule is C[C@H]1CN(S(=O)(=O)c2cc(C(=O)NCCC(=O)N3CCCC3)ccc2Cl)C[C@H](C)O1. The van der Waals surface area contributed by atoms with Crippen molar-refractivity contribution in [1.82, 2.24) is 14.5 Å². The molecule has 30 heavy (non-hydrogen) atoms. The molecule has 0 aromatic heterocycles. The maximum Gasteiger partial charge on any atom is 0.251 e. The van der Waals surface area contributed by atoms with Crippen molar-refractivity contribution >= 4 is 33.4 Å². The Hall–Kier alpha value is -1.68. The number of carbonyl (C=O) groups is 2. The minimum Gasteiger partial charge on any atom is -0.373 e. The van der Waals surface area contributed by atoms with Gasteiger partial charge in [-0.25, -0.2) is 8.42 Å². The van der Waals surface area contributed by atoms with Crippen molar-refractivity contribution < 1.29 is 22.7 Å². The summed E-state index contributed by atoms with van der Waals surface area (Å²) >= 11 is 6.18. The van der Waals surface area contributed by atoms with Gasteiger partial charge in [-0.05, 0) is 44.9 Å². The van der Waals surface area contributed by atoms with Crippen LogP contribution in [-0.2, 0) is 19.6 Å². The number of hydrogen-bond donors (Lipinski definition) is 1. The van der Waals surface area contributed by atoms with Crippen molar-refractivity contribution in [3.8, 4) is 0 Å². The maximum absolute atomic E-state index is 13.1. The van der Waals surface area contributed by atoms with Crippen LogP contribution in [0.5, 0.6) is 0 Å². The van der Waals surface area contributed by atoms with Crippen LogP contribution in [0.3, 0.4) is 0 Å². The summed E-state index contributed by atoms with van der Waals surface area (Å²) < 4.78 is 33.2. The molecule has 2 fully saturated rings. The van der Waals surface area contributed by atoms with Crippen LogP contribution in [0.15, 0.2) is 23.1 Å². The van der Waals surface area contributed by atoms with Crippen LogP contribution in [0.2, 0.25) is 5.02 Å². The highest BCUT2D eigenvalue weighted by Crippen LogP contribution is 2.28. The molecule has 2 saturated heterocycles. The number of carbonyl (C=O) groups excluding carboxylic acids is 2. The number of likely N-dealkylation sites (tertiary alicyclic amines) is 1. The van der Waals surface area contributed by atoms with Gasteiger partial charge in [-0.2, -0.15) is 4.31 Å². The van der Waals surface area contributed by atoms with Crippen molar-refractivity contribution in [3.63, 3.8) is 0 Å². The van der Waals surface area contributed by atoms with Gasteiger partial charge < -0.3 is 15.0 Å². The van der Waals surface area contributed by atoms with Crippen LogP contribution in [0, 0.1) is 0 Å². The van der Waals surface area contributed by atoms with Crippen LogP contribution in [0.25, 0.3) is 0 Å². The first kappa shape index (κ1) is 23.0. The predicted molar refractivity (Wildman–Crippen MR) is 113 cm³/mol. The zero-order valence-corrected chi connectivity index (χ0v) is 18.8. The lowest BCUT2D eigenvalue weighted by atomic mass is 10.2. The van der Waals surface area contributed by atoms with Gasteiger partial charge in [-0.15, -0.1) is 0 Å². The number of hydrogen-bond acceptors (Lipinski definition) is 5. The number of morpholine rings is 1. The number of halogens is 1. The van der Waals surface area contributed by atoms with Crippen molar-refractivity contribution in [3.05, 3.63) is 28.8 Å². The second kappa shape index (κ2) is 9.64. The van der Waals surface area contributed by atoms with E-state index in [4.69, 9.17) is 16.3 Å². The van der Waals surface area contributed by atoms with Gasteiger partial charge >= 0.3 is 0 Å². The van der Waals surface area contributed by atoms with Crippen LogP contribution >= 0.6 is 11.6 Å². The Morgan fingerprint density at radius 1 is 1.17 bits per heavy atom. The molecule has 0 saturated carbocycles. The first-order valence-electron chi connectivity index (χ1n) is 10.2. The van der Waals surface area contributed by atoms with E-state index in [2.05, 4.69) is 5.32 Å². The molecule has 2 atom stereocenters. The number of sulfonamides is 1. The molecule has 166 valence electrons.